The van der Waals surface area contributed by atoms with Crippen LogP contribution < -0.4 is 23.7 Å². The number of fused-ring (bicyclic) bond motifs is 3. The monoisotopic (exact) mass is 482 g/mol. The van der Waals surface area contributed by atoms with Gasteiger partial charge < -0.3 is 48.8 Å². The molecule has 0 bridgehead atoms. The van der Waals surface area contributed by atoms with Crippen LogP contribution >= 0.6 is 0 Å². The van der Waals surface area contributed by atoms with Crippen molar-refractivity contribution < 1.29 is 53.6 Å². The van der Waals surface area contributed by atoms with E-state index in [4.69, 9.17) is 28.4 Å². The molecule has 11 nitrogen and oxygen atoms in total. The van der Waals surface area contributed by atoms with Crippen molar-refractivity contribution in [1.29, 1.82) is 0 Å². The van der Waals surface area contributed by atoms with Gasteiger partial charge in [-0.2, -0.15) is 0 Å². The van der Waals surface area contributed by atoms with Crippen molar-refractivity contribution in [2.24, 2.45) is 0 Å². The number of ether oxygens (including phenoxy) is 6. The summed E-state index contributed by atoms with van der Waals surface area (Å²) in [6.07, 6.45) is -1.89. The lowest BCUT2D eigenvalue weighted by atomic mass is 9.93. The number of carbonyl (C=O) groups is 1. The quantitative estimate of drug-likeness (QED) is 0.408. The van der Waals surface area contributed by atoms with Crippen LogP contribution in [-0.4, -0.2) is 46.1 Å². The zero-order valence-corrected chi connectivity index (χ0v) is 17.9. The fraction of sp³-hybridized carbons (Fsp3) is 0.208. The molecule has 3 aliphatic rings. The van der Waals surface area contributed by atoms with Gasteiger partial charge in [-0.15, -0.1) is 0 Å². The number of aromatic hydroxyl groups is 4. The zero-order valence-electron chi connectivity index (χ0n) is 17.9. The van der Waals surface area contributed by atoms with E-state index in [0.29, 0.717) is 16.9 Å². The second-order valence-electron chi connectivity index (χ2n) is 8.13. The summed E-state index contributed by atoms with van der Waals surface area (Å²) in [5, 5.41) is 40.8. The Morgan fingerprint density at radius 3 is 2.20 bits per heavy atom. The lowest BCUT2D eigenvalue weighted by molar-refractivity contribution is -0.0189. The van der Waals surface area contributed by atoms with Gasteiger partial charge in [0.15, 0.2) is 29.1 Å². The standard InChI is InChI=1S/C24H18O11/c25-12-5-14(26)13-7-20(35-24(29)11-2-16(28)23-19(4-11)31-9-33-23)21(34-17(13)6-12)10-1-15(27)22-18(3-10)30-8-32-22/h1-6,20-21,25-28H,7-9H2/t20-,21-/m1/s1. The molecule has 0 aliphatic carbocycles. The van der Waals surface area contributed by atoms with Crippen molar-refractivity contribution in [2.75, 3.05) is 13.6 Å². The number of esters is 1. The molecule has 35 heavy (non-hydrogen) atoms. The minimum atomic E-state index is -0.974. The van der Waals surface area contributed by atoms with E-state index in [9.17, 15) is 25.2 Å². The molecule has 0 radical (unpaired) electrons. The van der Waals surface area contributed by atoms with Gasteiger partial charge in [-0.25, -0.2) is 4.79 Å². The highest BCUT2D eigenvalue weighted by Crippen LogP contribution is 2.48. The molecular weight excluding hydrogens is 464 g/mol. The summed E-state index contributed by atoms with van der Waals surface area (Å²) in [7, 11) is 0. The third-order valence-corrected chi connectivity index (χ3v) is 5.92. The first-order chi connectivity index (χ1) is 16.9. The van der Waals surface area contributed by atoms with Gasteiger partial charge in [-0.05, 0) is 24.3 Å². The third kappa shape index (κ3) is 3.48. The number of hydrogen-bond acceptors (Lipinski definition) is 11. The molecule has 3 aromatic carbocycles. The fourth-order valence-electron chi connectivity index (χ4n) is 4.33. The highest BCUT2D eigenvalue weighted by Gasteiger charge is 2.38. The first-order valence-electron chi connectivity index (χ1n) is 10.5. The molecule has 180 valence electrons. The van der Waals surface area contributed by atoms with Crippen molar-refractivity contribution in [3.8, 4) is 51.7 Å². The van der Waals surface area contributed by atoms with E-state index < -0.39 is 18.2 Å². The Morgan fingerprint density at radius 1 is 0.771 bits per heavy atom. The van der Waals surface area contributed by atoms with E-state index in [1.807, 2.05) is 0 Å². The first kappa shape index (κ1) is 20.9. The van der Waals surface area contributed by atoms with E-state index in [1.54, 1.807) is 6.07 Å². The lowest BCUT2D eigenvalue weighted by Gasteiger charge is -2.34. The van der Waals surface area contributed by atoms with Crippen molar-refractivity contribution in [1.82, 2.24) is 0 Å². The second kappa shape index (κ2) is 7.69. The highest BCUT2D eigenvalue weighted by molar-refractivity contribution is 5.91. The molecule has 4 N–H and O–H groups in total. The molecule has 3 aliphatic heterocycles. The van der Waals surface area contributed by atoms with Crippen LogP contribution in [0.1, 0.15) is 27.6 Å². The fourth-order valence-corrected chi connectivity index (χ4v) is 4.33. The molecule has 11 heteroatoms. The molecule has 0 amide bonds. The van der Waals surface area contributed by atoms with Gasteiger partial charge in [0.1, 0.15) is 23.4 Å². The second-order valence-corrected chi connectivity index (χ2v) is 8.13. The Hall–Kier alpha value is -4.67. The summed E-state index contributed by atoms with van der Waals surface area (Å²) < 4.78 is 32.8. The van der Waals surface area contributed by atoms with Crippen molar-refractivity contribution in [3.05, 3.63) is 53.1 Å². The summed E-state index contributed by atoms with van der Waals surface area (Å²) in [5.41, 5.74) is 0.752. The number of phenols is 4. The molecular formula is C24H18O11. The maximum absolute atomic E-state index is 13.1. The van der Waals surface area contributed by atoms with Crippen LogP contribution in [0.25, 0.3) is 0 Å². The van der Waals surface area contributed by atoms with Gasteiger partial charge in [0, 0.05) is 29.7 Å². The molecule has 0 saturated heterocycles. The van der Waals surface area contributed by atoms with E-state index in [0.717, 1.165) is 6.07 Å². The van der Waals surface area contributed by atoms with E-state index in [1.165, 1.54) is 24.3 Å². The SMILES string of the molecule is O=C(O[C@@H]1Cc2c(O)cc(O)cc2O[C@@H]1c1cc(O)c2c(c1)OCO2)c1cc(O)c2c(c1)OCO2. The Kier molecular flexibility index (Phi) is 4.59. The van der Waals surface area contributed by atoms with Gasteiger partial charge >= 0.3 is 5.97 Å². The maximum atomic E-state index is 13.1. The average molecular weight is 482 g/mol. The molecule has 0 spiro atoms. The number of carbonyl (C=O) groups excluding carboxylic acids is 1. The Morgan fingerprint density at radius 2 is 1.46 bits per heavy atom. The minimum absolute atomic E-state index is 0.0137. The van der Waals surface area contributed by atoms with E-state index in [2.05, 4.69) is 0 Å². The molecule has 6 rings (SSSR count). The zero-order chi connectivity index (χ0) is 24.3. The number of rotatable bonds is 3. The van der Waals surface area contributed by atoms with Gasteiger partial charge in [0.25, 0.3) is 0 Å². The normalized spacial score (nSPS) is 19.1. The summed E-state index contributed by atoms with van der Waals surface area (Å²) >= 11 is 0. The van der Waals surface area contributed by atoms with Crippen LogP contribution in [0.3, 0.4) is 0 Å². The van der Waals surface area contributed by atoms with E-state index >= 15 is 0 Å². The van der Waals surface area contributed by atoms with E-state index in [-0.39, 0.29) is 71.6 Å². The summed E-state index contributed by atoms with van der Waals surface area (Å²) in [6.45, 7) is -0.148. The Bertz CT molecular complexity index is 1370. The topological polar surface area (TPSA) is 153 Å². The molecule has 0 aromatic heterocycles. The predicted molar refractivity (Wildman–Crippen MR) is 115 cm³/mol. The highest BCUT2D eigenvalue weighted by atomic mass is 16.7. The molecule has 3 aromatic rings. The van der Waals surface area contributed by atoms with Gasteiger partial charge in [-0.3, -0.25) is 0 Å². The van der Waals surface area contributed by atoms with Gasteiger partial charge in [0.2, 0.25) is 25.1 Å². The van der Waals surface area contributed by atoms with Crippen LogP contribution in [0.5, 0.6) is 51.7 Å². The molecule has 2 atom stereocenters. The Labute approximate surface area is 197 Å². The first-order valence-corrected chi connectivity index (χ1v) is 10.5. The number of hydrogen-bond donors (Lipinski definition) is 4. The van der Waals surface area contributed by atoms with Crippen molar-refractivity contribution >= 4 is 5.97 Å². The summed E-state index contributed by atoms with van der Waals surface area (Å²) in [5.74, 6) is -0.683. The molecule has 0 unspecified atom stereocenters. The summed E-state index contributed by atoms with van der Waals surface area (Å²) in [6, 6.07) is 8.07. The molecule has 3 heterocycles. The van der Waals surface area contributed by atoms with Crippen LogP contribution in [0.15, 0.2) is 36.4 Å². The lowest BCUT2D eigenvalue weighted by Crippen LogP contribution is -2.34. The van der Waals surface area contributed by atoms with Crippen LogP contribution in [0, 0.1) is 0 Å². The molecule has 0 fully saturated rings. The minimum Gasteiger partial charge on any atom is -0.508 e. The van der Waals surface area contributed by atoms with Gasteiger partial charge in [0.05, 0.1) is 5.56 Å². The van der Waals surface area contributed by atoms with Crippen LogP contribution in [-0.2, 0) is 11.2 Å². The Balaban J connectivity index is 1.37. The third-order valence-electron chi connectivity index (χ3n) is 5.92. The predicted octanol–water partition coefficient (Wildman–Crippen LogP) is 2.87. The maximum Gasteiger partial charge on any atom is 0.338 e. The smallest absolute Gasteiger partial charge is 0.338 e. The van der Waals surface area contributed by atoms with Crippen molar-refractivity contribution in [3.63, 3.8) is 0 Å². The van der Waals surface area contributed by atoms with Crippen LogP contribution in [0.2, 0.25) is 0 Å². The van der Waals surface area contributed by atoms with Crippen LogP contribution in [0.4, 0.5) is 0 Å². The number of benzene rings is 3. The van der Waals surface area contributed by atoms with Gasteiger partial charge in [-0.1, -0.05) is 0 Å². The number of phenolic OH excluding ortho intramolecular Hbond substituents is 4. The largest absolute Gasteiger partial charge is 0.508 e. The van der Waals surface area contributed by atoms with Crippen molar-refractivity contribution in [2.45, 2.75) is 18.6 Å². The molecule has 0 saturated carbocycles. The average Bonchev–Trinajstić information content (AvgIpc) is 3.49. The summed E-state index contributed by atoms with van der Waals surface area (Å²) in [4.78, 5) is 13.1.